The van der Waals surface area contributed by atoms with E-state index in [1.165, 1.54) is 0 Å². The van der Waals surface area contributed by atoms with Crippen molar-refractivity contribution in [2.75, 3.05) is 0 Å². The highest BCUT2D eigenvalue weighted by Crippen LogP contribution is 2.79. The maximum Gasteiger partial charge on any atom is 0.166 e. The summed E-state index contributed by atoms with van der Waals surface area (Å²) in [4.78, 5) is -2.96. The molecule has 3 aliphatic rings. The summed E-state index contributed by atoms with van der Waals surface area (Å²) in [7, 11) is 0. The Morgan fingerprint density at radius 1 is 0.789 bits per heavy atom. The van der Waals surface area contributed by atoms with E-state index in [0.717, 1.165) is 0 Å². The van der Waals surface area contributed by atoms with Crippen LogP contribution in [0.4, 0.5) is 0 Å². The molecule has 0 radical (unpaired) electrons. The Bertz CT molecular complexity index is 452. The number of aliphatic hydroxyl groups is 1. The van der Waals surface area contributed by atoms with Crippen LogP contribution < -0.4 is 0 Å². The predicted octanol–water partition coefficient (Wildman–Crippen LogP) is 4.65. The molecule has 0 aromatic rings. The van der Waals surface area contributed by atoms with E-state index in [4.69, 9.17) is 92.8 Å². The Hall–Kier alpha value is 2.02. The molecule has 2 fully saturated rings. The van der Waals surface area contributed by atoms with Crippen LogP contribution >= 0.6 is 92.8 Å². The molecular formula is C10H6Cl8O. The number of hydrogen-bond donors (Lipinski definition) is 1. The average molecular weight is 426 g/mol. The molecule has 0 heterocycles. The van der Waals surface area contributed by atoms with Crippen molar-refractivity contribution in [3.63, 3.8) is 0 Å². The van der Waals surface area contributed by atoms with E-state index in [-0.39, 0.29) is 10.1 Å². The highest BCUT2D eigenvalue weighted by atomic mass is 35.5. The van der Waals surface area contributed by atoms with Gasteiger partial charge in [0.05, 0.1) is 26.9 Å². The van der Waals surface area contributed by atoms with Gasteiger partial charge < -0.3 is 5.11 Å². The van der Waals surface area contributed by atoms with Gasteiger partial charge in [-0.3, -0.25) is 0 Å². The van der Waals surface area contributed by atoms with E-state index in [1.807, 2.05) is 0 Å². The molecule has 0 aromatic carbocycles. The van der Waals surface area contributed by atoms with Crippen LogP contribution in [0, 0.1) is 11.8 Å². The van der Waals surface area contributed by atoms with Crippen molar-refractivity contribution >= 4 is 92.8 Å². The maximum atomic E-state index is 10.3. The molecule has 19 heavy (non-hydrogen) atoms. The van der Waals surface area contributed by atoms with Crippen molar-refractivity contribution in [2.45, 2.75) is 30.9 Å². The van der Waals surface area contributed by atoms with Gasteiger partial charge in [0.15, 0.2) is 4.33 Å². The second-order valence-electron chi connectivity index (χ2n) is 5.06. The van der Waals surface area contributed by atoms with Crippen molar-refractivity contribution in [1.29, 1.82) is 0 Å². The lowest BCUT2D eigenvalue weighted by Crippen LogP contribution is -2.49. The largest absolute Gasteiger partial charge is 0.391 e. The van der Waals surface area contributed by atoms with Crippen molar-refractivity contribution < 1.29 is 5.11 Å². The van der Waals surface area contributed by atoms with Gasteiger partial charge in [-0.1, -0.05) is 46.4 Å². The van der Waals surface area contributed by atoms with Gasteiger partial charge in [-0.05, 0) is 0 Å². The molecular weight excluding hydrogens is 420 g/mol. The van der Waals surface area contributed by atoms with Gasteiger partial charge in [0.25, 0.3) is 0 Å². The fourth-order valence-corrected chi connectivity index (χ4v) is 7.47. The number of alkyl halides is 6. The van der Waals surface area contributed by atoms with Gasteiger partial charge >= 0.3 is 0 Å². The van der Waals surface area contributed by atoms with Crippen molar-refractivity contribution in [2.24, 2.45) is 11.8 Å². The van der Waals surface area contributed by atoms with Crippen LogP contribution in [-0.4, -0.2) is 36.0 Å². The predicted molar refractivity (Wildman–Crippen MR) is 82.6 cm³/mol. The second-order valence-corrected chi connectivity index (χ2v) is 9.34. The Balaban J connectivity index is 2.29. The Kier molecular flexibility index (Phi) is 3.60. The van der Waals surface area contributed by atoms with Crippen LogP contribution in [0.15, 0.2) is 10.1 Å². The van der Waals surface area contributed by atoms with E-state index in [1.54, 1.807) is 0 Å². The molecule has 9 heteroatoms. The molecule has 3 aliphatic carbocycles. The molecule has 7 unspecified atom stereocenters. The number of rotatable bonds is 0. The Labute approximate surface area is 150 Å². The lowest BCUT2D eigenvalue weighted by atomic mass is 9.83. The lowest BCUT2D eigenvalue weighted by molar-refractivity contribution is 0.115. The average Bonchev–Trinajstić information content (AvgIpc) is 2.69. The molecule has 0 saturated heterocycles. The fourth-order valence-electron chi connectivity index (χ4n) is 3.52. The van der Waals surface area contributed by atoms with Gasteiger partial charge in [0.2, 0.25) is 0 Å². The normalized spacial score (nSPS) is 58.9. The molecule has 7 atom stereocenters. The third-order valence-electron chi connectivity index (χ3n) is 4.39. The summed E-state index contributed by atoms with van der Waals surface area (Å²) in [5, 5.41) is 8.99. The number of hydrogen-bond acceptors (Lipinski definition) is 1. The number of fused-ring (bicyclic) bond motifs is 5. The van der Waals surface area contributed by atoms with Crippen LogP contribution in [-0.2, 0) is 0 Å². The van der Waals surface area contributed by atoms with E-state index >= 15 is 0 Å². The summed E-state index contributed by atoms with van der Waals surface area (Å²) in [5.41, 5.74) is 0. The monoisotopic (exact) mass is 422 g/mol. The van der Waals surface area contributed by atoms with Crippen LogP contribution in [0.5, 0.6) is 0 Å². The zero-order valence-electron chi connectivity index (χ0n) is 8.86. The molecule has 1 N–H and O–H groups in total. The summed E-state index contributed by atoms with van der Waals surface area (Å²) in [6, 6.07) is 0. The fraction of sp³-hybridized carbons (Fsp3) is 0.800. The van der Waals surface area contributed by atoms with Crippen LogP contribution in [0.1, 0.15) is 0 Å². The third kappa shape index (κ3) is 1.41. The summed E-state index contributed by atoms with van der Waals surface area (Å²) in [6.45, 7) is 0. The molecule has 0 amide bonds. The van der Waals surface area contributed by atoms with E-state index in [0.29, 0.717) is 0 Å². The molecule has 1 nitrogen and oxygen atoms in total. The van der Waals surface area contributed by atoms with E-state index < -0.39 is 42.8 Å². The smallest absolute Gasteiger partial charge is 0.166 e. The van der Waals surface area contributed by atoms with E-state index in [2.05, 4.69) is 0 Å². The first kappa shape index (κ1) is 15.9. The van der Waals surface area contributed by atoms with Gasteiger partial charge in [0.1, 0.15) is 9.75 Å². The molecule has 0 spiro atoms. The van der Waals surface area contributed by atoms with Crippen molar-refractivity contribution in [3.05, 3.63) is 10.1 Å². The van der Waals surface area contributed by atoms with E-state index in [9.17, 15) is 5.11 Å². The third-order valence-corrected chi connectivity index (χ3v) is 9.89. The maximum absolute atomic E-state index is 10.3. The van der Waals surface area contributed by atoms with Crippen molar-refractivity contribution in [3.8, 4) is 0 Å². The van der Waals surface area contributed by atoms with Crippen LogP contribution in [0.3, 0.4) is 0 Å². The van der Waals surface area contributed by atoms with Gasteiger partial charge in [0, 0.05) is 11.8 Å². The zero-order valence-corrected chi connectivity index (χ0v) is 14.9. The Morgan fingerprint density at radius 3 is 1.68 bits per heavy atom. The van der Waals surface area contributed by atoms with Crippen LogP contribution in [0.2, 0.25) is 0 Å². The summed E-state index contributed by atoms with van der Waals surface area (Å²) >= 11 is 50.6. The molecule has 2 bridgehead atoms. The van der Waals surface area contributed by atoms with Gasteiger partial charge in [-0.25, -0.2) is 0 Å². The number of aliphatic hydroxyl groups excluding tert-OH is 1. The van der Waals surface area contributed by atoms with Crippen molar-refractivity contribution in [1.82, 2.24) is 0 Å². The second kappa shape index (κ2) is 4.30. The first-order valence-electron chi connectivity index (χ1n) is 5.32. The first-order valence-corrected chi connectivity index (χ1v) is 8.46. The van der Waals surface area contributed by atoms with Crippen LogP contribution in [0.25, 0.3) is 0 Å². The SMILES string of the molecule is OC1C(Cl)C(Cl)C2C1C1(Cl)C(Cl)=C(Cl)C2(Cl)C1(Cl)Cl. The zero-order chi connectivity index (χ0) is 14.5. The molecule has 0 aromatic heterocycles. The minimum Gasteiger partial charge on any atom is -0.391 e. The van der Waals surface area contributed by atoms with Gasteiger partial charge in [-0.2, -0.15) is 0 Å². The Morgan fingerprint density at radius 2 is 1.21 bits per heavy atom. The summed E-state index contributed by atoms with van der Waals surface area (Å²) in [5.74, 6) is -1.24. The topological polar surface area (TPSA) is 20.2 Å². The number of allylic oxidation sites excluding steroid dienone is 2. The minimum absolute atomic E-state index is 0.0470. The molecule has 108 valence electrons. The highest BCUT2D eigenvalue weighted by molar-refractivity contribution is 6.66. The quantitative estimate of drug-likeness (QED) is 0.560. The molecule has 3 rings (SSSR count). The number of halogens is 8. The summed E-state index contributed by atoms with van der Waals surface area (Å²) in [6.07, 6.45) is -1.03. The minimum atomic E-state index is -1.68. The molecule has 2 saturated carbocycles. The van der Waals surface area contributed by atoms with Gasteiger partial charge in [-0.15, -0.1) is 46.4 Å². The standard InChI is InChI=1S/C10H6Cl8O/c11-3-1-2(5(19)4(3)12)9(16)7(14)6(13)8(1,15)10(9,17)18/h1-5,19H. The summed E-state index contributed by atoms with van der Waals surface area (Å²) < 4.78 is -1.68. The highest BCUT2D eigenvalue weighted by Gasteiger charge is 2.86. The molecule has 0 aliphatic heterocycles. The first-order chi connectivity index (χ1) is 8.54. The lowest BCUT2D eigenvalue weighted by Gasteiger charge is -2.35.